The summed E-state index contributed by atoms with van der Waals surface area (Å²) in [5, 5.41) is 0. The SMILES string of the molecule is CCCCCCCCCCCCCCCCCCCCCCCCCCOCC(COP(=O)(O)OCCN)OC(=O)CCCCCCCCCCCCCCCCCCCCCC. The van der Waals surface area contributed by atoms with Crippen LogP contribution in [0.1, 0.15) is 303 Å². The monoisotopic (exact) mass is 916 g/mol. The van der Waals surface area contributed by atoms with Crippen molar-refractivity contribution in [1.82, 2.24) is 0 Å². The van der Waals surface area contributed by atoms with Crippen LogP contribution in [0, 0.1) is 0 Å². The Bertz CT molecular complexity index is 940. The second kappa shape index (κ2) is 52.5. The lowest BCUT2D eigenvalue weighted by atomic mass is 10.0. The average molecular weight is 916 g/mol. The van der Waals surface area contributed by atoms with Gasteiger partial charge in [-0.05, 0) is 12.8 Å². The summed E-state index contributed by atoms with van der Waals surface area (Å²) in [4.78, 5) is 22.6. The Labute approximate surface area is 392 Å². The number of carbonyl (C=O) groups is 1. The van der Waals surface area contributed by atoms with Crippen molar-refractivity contribution in [1.29, 1.82) is 0 Å². The average Bonchev–Trinajstić information content (AvgIpc) is 3.28. The Balaban J connectivity index is 3.82. The number of hydrogen-bond acceptors (Lipinski definition) is 7. The van der Waals surface area contributed by atoms with Crippen LogP contribution in [0.25, 0.3) is 0 Å². The molecule has 0 aromatic carbocycles. The maximum atomic E-state index is 12.7. The highest BCUT2D eigenvalue weighted by molar-refractivity contribution is 7.47. The van der Waals surface area contributed by atoms with Crippen molar-refractivity contribution in [2.45, 2.75) is 309 Å². The number of nitrogens with two attached hydrogens (primary N) is 1. The van der Waals surface area contributed by atoms with E-state index in [1.807, 2.05) is 0 Å². The Morgan fingerprint density at radius 2 is 0.698 bits per heavy atom. The molecule has 0 fully saturated rings. The summed E-state index contributed by atoms with van der Waals surface area (Å²) >= 11 is 0. The highest BCUT2D eigenvalue weighted by Crippen LogP contribution is 2.43. The number of esters is 1. The Morgan fingerprint density at radius 1 is 0.413 bits per heavy atom. The zero-order chi connectivity index (χ0) is 45.8. The second-order valence-electron chi connectivity index (χ2n) is 19.2. The minimum atomic E-state index is -4.28. The first-order valence-corrected chi connectivity index (χ1v) is 29.5. The number of rotatable bonds is 55. The third-order valence-electron chi connectivity index (χ3n) is 12.8. The molecule has 2 unspecified atom stereocenters. The van der Waals surface area contributed by atoms with E-state index in [1.54, 1.807) is 0 Å². The molecule has 0 saturated heterocycles. The molecule has 3 N–H and O–H groups in total. The standard InChI is InChI=1S/C54H110NO7P/c1-3-5-7-9-11-13-15-17-19-21-23-25-26-27-28-30-32-34-36-38-40-42-44-46-49-59-51-53(52-61-63(57,58)60-50-48-55)62-54(56)47-45-43-41-39-37-35-33-31-29-24-22-20-18-16-14-12-10-8-6-4-2/h53H,3-52,55H2,1-2H3,(H,57,58). The van der Waals surface area contributed by atoms with Gasteiger partial charge in [-0.1, -0.05) is 284 Å². The van der Waals surface area contributed by atoms with E-state index in [9.17, 15) is 14.3 Å². The van der Waals surface area contributed by atoms with Crippen LogP contribution in [-0.2, 0) is 27.9 Å². The molecule has 9 heteroatoms. The summed E-state index contributed by atoms with van der Waals surface area (Å²) in [6.45, 7) is 5.02. The van der Waals surface area contributed by atoms with E-state index in [0.29, 0.717) is 13.0 Å². The number of unbranched alkanes of at least 4 members (excludes halogenated alkanes) is 42. The Morgan fingerprint density at radius 3 is 1.00 bits per heavy atom. The van der Waals surface area contributed by atoms with Crippen molar-refractivity contribution in [2.75, 3.05) is 33.0 Å². The fraction of sp³-hybridized carbons (Fsp3) is 0.981. The van der Waals surface area contributed by atoms with Gasteiger partial charge >= 0.3 is 13.8 Å². The molecule has 0 bridgehead atoms. The lowest BCUT2D eigenvalue weighted by Crippen LogP contribution is -2.28. The van der Waals surface area contributed by atoms with Crippen molar-refractivity contribution in [3.05, 3.63) is 0 Å². The van der Waals surface area contributed by atoms with Crippen molar-refractivity contribution in [3.63, 3.8) is 0 Å². The number of ether oxygens (including phenoxy) is 2. The number of phosphoric ester groups is 1. The molecule has 0 spiro atoms. The maximum Gasteiger partial charge on any atom is 0.472 e. The molecular weight excluding hydrogens is 806 g/mol. The van der Waals surface area contributed by atoms with Crippen LogP contribution >= 0.6 is 7.82 Å². The highest BCUT2D eigenvalue weighted by atomic mass is 31.2. The van der Waals surface area contributed by atoms with Crippen molar-refractivity contribution < 1.29 is 32.8 Å². The predicted molar refractivity (Wildman–Crippen MR) is 271 cm³/mol. The van der Waals surface area contributed by atoms with Crippen molar-refractivity contribution in [3.8, 4) is 0 Å². The van der Waals surface area contributed by atoms with E-state index in [2.05, 4.69) is 13.8 Å². The second-order valence-corrected chi connectivity index (χ2v) is 20.6. The zero-order valence-corrected chi connectivity index (χ0v) is 43.2. The topological polar surface area (TPSA) is 117 Å². The van der Waals surface area contributed by atoms with Gasteiger partial charge in [0, 0.05) is 19.6 Å². The lowest BCUT2D eigenvalue weighted by Gasteiger charge is -2.20. The van der Waals surface area contributed by atoms with E-state index in [4.69, 9.17) is 24.3 Å². The minimum absolute atomic E-state index is 0.0895. The van der Waals surface area contributed by atoms with E-state index in [1.165, 1.54) is 250 Å². The van der Waals surface area contributed by atoms with E-state index in [-0.39, 0.29) is 32.3 Å². The molecule has 0 rings (SSSR count). The fourth-order valence-electron chi connectivity index (χ4n) is 8.65. The van der Waals surface area contributed by atoms with Crippen LogP contribution in [0.2, 0.25) is 0 Å². The van der Waals surface area contributed by atoms with Crippen LogP contribution in [0.5, 0.6) is 0 Å². The van der Waals surface area contributed by atoms with Gasteiger partial charge in [-0.25, -0.2) is 4.57 Å². The molecule has 0 saturated carbocycles. The van der Waals surface area contributed by atoms with Gasteiger partial charge in [-0.3, -0.25) is 13.8 Å². The van der Waals surface area contributed by atoms with Gasteiger partial charge in [0.2, 0.25) is 0 Å². The van der Waals surface area contributed by atoms with Crippen LogP contribution in [0.3, 0.4) is 0 Å². The molecule has 0 radical (unpaired) electrons. The fourth-order valence-corrected chi connectivity index (χ4v) is 9.41. The molecule has 378 valence electrons. The molecule has 2 atom stereocenters. The maximum absolute atomic E-state index is 12.7. The first-order chi connectivity index (χ1) is 30.9. The summed E-state index contributed by atoms with van der Waals surface area (Å²) in [5.41, 5.74) is 5.40. The molecule has 63 heavy (non-hydrogen) atoms. The summed E-state index contributed by atoms with van der Waals surface area (Å²) < 4.78 is 33.7. The predicted octanol–water partition coefficient (Wildman–Crippen LogP) is 17.6. The number of hydrogen-bond donors (Lipinski definition) is 2. The molecule has 0 aromatic heterocycles. The first-order valence-electron chi connectivity index (χ1n) is 28.0. The number of carbonyl (C=O) groups excluding carboxylic acids is 1. The summed E-state index contributed by atoms with van der Waals surface area (Å²) in [6.07, 6.45) is 58.7. The van der Waals surface area contributed by atoms with Crippen LogP contribution in [0.15, 0.2) is 0 Å². The first kappa shape index (κ1) is 62.5. The molecule has 0 aliphatic carbocycles. The van der Waals surface area contributed by atoms with E-state index < -0.39 is 13.9 Å². The van der Waals surface area contributed by atoms with Gasteiger partial charge in [0.15, 0.2) is 0 Å². The lowest BCUT2D eigenvalue weighted by molar-refractivity contribution is -0.154. The Hall–Kier alpha value is -0.500. The van der Waals surface area contributed by atoms with E-state index in [0.717, 1.165) is 32.1 Å². The highest BCUT2D eigenvalue weighted by Gasteiger charge is 2.25. The Kier molecular flexibility index (Phi) is 52.1. The number of phosphoric acid groups is 1. The van der Waals surface area contributed by atoms with Gasteiger partial charge in [-0.15, -0.1) is 0 Å². The molecule has 0 aliphatic heterocycles. The van der Waals surface area contributed by atoms with Crippen LogP contribution < -0.4 is 5.73 Å². The van der Waals surface area contributed by atoms with Gasteiger partial charge in [-0.2, -0.15) is 0 Å². The van der Waals surface area contributed by atoms with Gasteiger partial charge in [0.25, 0.3) is 0 Å². The molecule has 0 amide bonds. The summed E-state index contributed by atoms with van der Waals surface area (Å²) in [7, 11) is -4.28. The normalized spacial score (nSPS) is 13.1. The van der Waals surface area contributed by atoms with Crippen LogP contribution in [-0.4, -0.2) is 49.9 Å². The minimum Gasteiger partial charge on any atom is -0.457 e. The van der Waals surface area contributed by atoms with Gasteiger partial charge < -0.3 is 20.1 Å². The molecular formula is C54H110NO7P. The van der Waals surface area contributed by atoms with Gasteiger partial charge in [0.1, 0.15) is 6.10 Å². The summed E-state index contributed by atoms with van der Waals surface area (Å²) in [5.74, 6) is -0.319. The van der Waals surface area contributed by atoms with Crippen molar-refractivity contribution >= 4 is 13.8 Å². The molecule has 0 aromatic rings. The third-order valence-corrected chi connectivity index (χ3v) is 13.8. The van der Waals surface area contributed by atoms with Crippen molar-refractivity contribution in [2.24, 2.45) is 5.73 Å². The smallest absolute Gasteiger partial charge is 0.457 e. The quantitative estimate of drug-likeness (QED) is 0.0352. The van der Waals surface area contributed by atoms with Crippen LogP contribution in [0.4, 0.5) is 0 Å². The van der Waals surface area contributed by atoms with Gasteiger partial charge in [0.05, 0.1) is 19.8 Å². The zero-order valence-electron chi connectivity index (χ0n) is 42.4. The molecule has 8 nitrogen and oxygen atoms in total. The summed E-state index contributed by atoms with van der Waals surface area (Å²) in [6, 6.07) is 0. The van der Waals surface area contributed by atoms with E-state index >= 15 is 0 Å². The largest absolute Gasteiger partial charge is 0.472 e. The molecule has 0 heterocycles. The molecule has 0 aliphatic rings. The third kappa shape index (κ3) is 52.3.